The number of nitrogens with two attached hydrogens (primary N) is 1. The van der Waals surface area contributed by atoms with Gasteiger partial charge in [-0.05, 0) is 19.1 Å². The molecule has 0 spiro atoms. The molecule has 30 heavy (non-hydrogen) atoms. The highest BCUT2D eigenvalue weighted by molar-refractivity contribution is 6.01. The Balaban J connectivity index is 1.88. The van der Waals surface area contributed by atoms with E-state index in [1.165, 1.54) is 31.2 Å². The van der Waals surface area contributed by atoms with Gasteiger partial charge in [-0.25, -0.2) is 13.2 Å². The number of halogens is 3. The Morgan fingerprint density at radius 2 is 1.93 bits per heavy atom. The van der Waals surface area contributed by atoms with Gasteiger partial charge in [-0.1, -0.05) is 18.2 Å². The van der Waals surface area contributed by atoms with Gasteiger partial charge in [0.25, 0.3) is 12.3 Å². The van der Waals surface area contributed by atoms with Gasteiger partial charge in [0.1, 0.15) is 11.9 Å². The quantitative estimate of drug-likeness (QED) is 0.725. The zero-order valence-corrected chi connectivity index (χ0v) is 16.3. The van der Waals surface area contributed by atoms with Crippen LogP contribution in [0.1, 0.15) is 46.4 Å². The summed E-state index contributed by atoms with van der Waals surface area (Å²) in [5.41, 5.74) is 6.29. The normalized spacial score (nSPS) is 15.0. The van der Waals surface area contributed by atoms with E-state index in [2.05, 4.69) is 11.4 Å². The van der Waals surface area contributed by atoms with Crippen molar-refractivity contribution in [2.24, 2.45) is 0 Å². The Bertz CT molecular complexity index is 985. The van der Waals surface area contributed by atoms with Crippen molar-refractivity contribution in [1.29, 1.82) is 5.26 Å². The maximum Gasteiger partial charge on any atom is 0.266 e. The Hall–Kier alpha value is -3.25. The lowest BCUT2D eigenvalue weighted by Gasteiger charge is -2.30. The number of carbonyl (C=O) groups is 1. The monoisotopic (exact) mass is 418 g/mol. The molecule has 2 aromatic carbocycles. The highest BCUT2D eigenvalue weighted by Gasteiger charge is 2.23. The predicted molar refractivity (Wildman–Crippen MR) is 106 cm³/mol. The lowest BCUT2D eigenvalue weighted by molar-refractivity contribution is 0.0940. The van der Waals surface area contributed by atoms with Crippen molar-refractivity contribution in [1.82, 2.24) is 5.32 Å². The first-order valence-corrected chi connectivity index (χ1v) is 9.37. The third kappa shape index (κ3) is 4.33. The molecule has 1 aliphatic rings. The molecule has 0 bridgehead atoms. The number of alkyl halides is 2. The second kappa shape index (κ2) is 9.05. The molecule has 3 rings (SSSR count). The topological polar surface area (TPSA) is 91.4 Å². The number of nitrogens with zero attached hydrogens (tertiary/aromatic N) is 2. The van der Waals surface area contributed by atoms with E-state index >= 15 is 0 Å². The first kappa shape index (κ1) is 21.5. The van der Waals surface area contributed by atoms with Crippen LogP contribution in [0, 0.1) is 17.1 Å². The summed E-state index contributed by atoms with van der Waals surface area (Å²) in [6, 6.07) is 7.80. The number of hydrogen-bond acceptors (Lipinski definition) is 5. The highest BCUT2D eigenvalue weighted by Crippen LogP contribution is 2.29. The molecule has 2 aromatic rings. The number of hydrogen-bond donors (Lipinski definition) is 2. The molecule has 1 saturated heterocycles. The molecule has 0 aromatic heterocycles. The fraction of sp³-hybridized carbons (Fsp3) is 0.333. The zero-order valence-electron chi connectivity index (χ0n) is 16.3. The summed E-state index contributed by atoms with van der Waals surface area (Å²) in [6.45, 7) is 3.60. The van der Waals surface area contributed by atoms with Gasteiger partial charge in [-0.2, -0.15) is 5.26 Å². The van der Waals surface area contributed by atoms with Crippen molar-refractivity contribution < 1.29 is 22.7 Å². The van der Waals surface area contributed by atoms with Crippen LogP contribution in [-0.2, 0) is 4.74 Å². The Labute approximate surface area is 172 Å². The number of morpholine rings is 1. The molecule has 9 heteroatoms. The van der Waals surface area contributed by atoms with E-state index in [1.807, 2.05) is 4.90 Å². The molecule has 158 valence electrons. The van der Waals surface area contributed by atoms with Gasteiger partial charge in [0.05, 0.1) is 41.6 Å². The summed E-state index contributed by atoms with van der Waals surface area (Å²) in [7, 11) is 0. The van der Waals surface area contributed by atoms with Crippen LogP contribution < -0.4 is 16.0 Å². The Kier molecular flexibility index (Phi) is 6.47. The summed E-state index contributed by atoms with van der Waals surface area (Å²) >= 11 is 0. The SMILES string of the molecule is C[C@@H](NC(=O)c1cc(N2CCOCC2)c(C#N)cc1N)c1cccc(C(F)F)c1F. The lowest BCUT2D eigenvalue weighted by atomic mass is 10.0. The van der Waals surface area contributed by atoms with E-state index in [4.69, 9.17) is 10.5 Å². The van der Waals surface area contributed by atoms with E-state index in [-0.39, 0.29) is 16.8 Å². The van der Waals surface area contributed by atoms with Gasteiger partial charge in [0.2, 0.25) is 0 Å². The number of anilines is 2. The maximum absolute atomic E-state index is 14.4. The van der Waals surface area contributed by atoms with Gasteiger partial charge in [-0.15, -0.1) is 0 Å². The molecule has 1 fully saturated rings. The summed E-state index contributed by atoms with van der Waals surface area (Å²) < 4.78 is 45.6. The minimum Gasteiger partial charge on any atom is -0.398 e. The number of nitrogen functional groups attached to an aromatic ring is 1. The van der Waals surface area contributed by atoms with E-state index in [0.717, 1.165) is 6.07 Å². The summed E-state index contributed by atoms with van der Waals surface area (Å²) in [5.74, 6) is -1.65. The van der Waals surface area contributed by atoms with Crippen LogP contribution >= 0.6 is 0 Å². The summed E-state index contributed by atoms with van der Waals surface area (Å²) in [5, 5.41) is 12.0. The molecule has 3 N–H and O–H groups in total. The molecule has 6 nitrogen and oxygen atoms in total. The number of carbonyl (C=O) groups excluding carboxylic acids is 1. The van der Waals surface area contributed by atoms with E-state index in [9.17, 15) is 23.2 Å². The molecule has 1 atom stereocenters. The molecule has 0 aliphatic carbocycles. The van der Waals surface area contributed by atoms with E-state index < -0.39 is 29.8 Å². The van der Waals surface area contributed by atoms with Gasteiger partial charge in [-0.3, -0.25) is 4.79 Å². The average Bonchev–Trinajstić information content (AvgIpc) is 2.73. The van der Waals surface area contributed by atoms with Gasteiger partial charge in [0.15, 0.2) is 0 Å². The second-order valence-electron chi connectivity index (χ2n) is 6.91. The second-order valence-corrected chi connectivity index (χ2v) is 6.91. The van der Waals surface area contributed by atoms with Crippen molar-refractivity contribution in [3.05, 3.63) is 58.4 Å². The molecule has 0 unspecified atom stereocenters. The minimum absolute atomic E-state index is 0.0539. The summed E-state index contributed by atoms with van der Waals surface area (Å²) in [4.78, 5) is 14.8. The van der Waals surface area contributed by atoms with E-state index in [0.29, 0.717) is 37.6 Å². The van der Waals surface area contributed by atoms with Crippen LogP contribution in [0.15, 0.2) is 30.3 Å². The van der Waals surface area contributed by atoms with Gasteiger partial charge < -0.3 is 20.7 Å². The largest absolute Gasteiger partial charge is 0.398 e. The molecule has 1 amide bonds. The first-order chi connectivity index (χ1) is 14.3. The third-order valence-electron chi connectivity index (χ3n) is 4.99. The smallest absolute Gasteiger partial charge is 0.266 e. The number of nitriles is 1. The van der Waals surface area contributed by atoms with Crippen LogP contribution in [-0.4, -0.2) is 32.2 Å². The van der Waals surface area contributed by atoms with Crippen LogP contribution in [0.2, 0.25) is 0 Å². The molecular formula is C21H21F3N4O2. The number of amides is 1. The van der Waals surface area contributed by atoms with Gasteiger partial charge in [0, 0.05) is 24.3 Å². The molecule has 1 heterocycles. The fourth-order valence-corrected chi connectivity index (χ4v) is 3.38. The highest BCUT2D eigenvalue weighted by atomic mass is 19.3. The zero-order chi connectivity index (χ0) is 21.8. The standard InChI is InChI=1S/C21H21F3N4O2/c1-12(14-3-2-4-15(19(14)22)20(23)24)27-21(29)16-10-18(13(11-25)9-17(16)26)28-5-7-30-8-6-28/h2-4,9-10,12,20H,5-8,26H2,1H3,(H,27,29)/t12-/m1/s1. The molecule has 0 saturated carbocycles. The number of rotatable bonds is 5. The third-order valence-corrected chi connectivity index (χ3v) is 4.99. The van der Waals surface area contributed by atoms with Gasteiger partial charge >= 0.3 is 0 Å². The molecular weight excluding hydrogens is 397 g/mol. The van der Waals surface area contributed by atoms with Crippen LogP contribution in [0.5, 0.6) is 0 Å². The van der Waals surface area contributed by atoms with Crippen molar-refractivity contribution in [3.8, 4) is 6.07 Å². The van der Waals surface area contributed by atoms with Crippen molar-refractivity contribution in [2.75, 3.05) is 36.9 Å². The fourth-order valence-electron chi connectivity index (χ4n) is 3.38. The number of benzene rings is 2. The van der Waals surface area contributed by atoms with Crippen LogP contribution in [0.3, 0.4) is 0 Å². The number of ether oxygens (including phenoxy) is 1. The van der Waals surface area contributed by atoms with Crippen molar-refractivity contribution in [2.45, 2.75) is 19.4 Å². The average molecular weight is 418 g/mol. The van der Waals surface area contributed by atoms with Crippen LogP contribution in [0.25, 0.3) is 0 Å². The maximum atomic E-state index is 14.4. The minimum atomic E-state index is -2.96. The Morgan fingerprint density at radius 1 is 1.27 bits per heavy atom. The van der Waals surface area contributed by atoms with Crippen molar-refractivity contribution >= 4 is 17.3 Å². The molecule has 1 aliphatic heterocycles. The van der Waals surface area contributed by atoms with Crippen LogP contribution in [0.4, 0.5) is 24.5 Å². The predicted octanol–water partition coefficient (Wildman–Crippen LogP) is 3.54. The van der Waals surface area contributed by atoms with E-state index in [1.54, 1.807) is 0 Å². The Morgan fingerprint density at radius 3 is 2.57 bits per heavy atom. The summed E-state index contributed by atoms with van der Waals surface area (Å²) in [6.07, 6.45) is -2.96. The lowest BCUT2D eigenvalue weighted by Crippen LogP contribution is -2.37. The van der Waals surface area contributed by atoms with Crippen molar-refractivity contribution in [3.63, 3.8) is 0 Å². The molecule has 0 radical (unpaired) electrons. The number of nitrogens with one attached hydrogen (secondary N) is 1. The first-order valence-electron chi connectivity index (χ1n) is 9.37.